The van der Waals surface area contributed by atoms with E-state index >= 15 is 0 Å². The number of ether oxygens (including phenoxy) is 1. The second-order valence-corrected chi connectivity index (χ2v) is 7.36. The second kappa shape index (κ2) is 7.64. The smallest absolute Gasteiger partial charge is 0.153 e. The van der Waals surface area contributed by atoms with Crippen molar-refractivity contribution in [2.75, 3.05) is 25.2 Å². The monoisotopic (exact) mass is 299 g/mol. The molecule has 0 aromatic heterocycles. The van der Waals surface area contributed by atoms with Gasteiger partial charge in [0.1, 0.15) is 12.4 Å². The van der Waals surface area contributed by atoms with Gasteiger partial charge < -0.3 is 10.1 Å². The first-order chi connectivity index (χ1) is 9.39. The van der Waals surface area contributed by atoms with Crippen molar-refractivity contribution >= 4 is 9.84 Å². The average Bonchev–Trinajstić information content (AvgIpc) is 2.37. The Labute approximate surface area is 122 Å². The van der Waals surface area contributed by atoms with Crippen LogP contribution in [0.3, 0.4) is 0 Å². The summed E-state index contributed by atoms with van der Waals surface area (Å²) in [6, 6.07) is 6.17. The largest absolute Gasteiger partial charge is 0.492 e. The summed E-state index contributed by atoms with van der Waals surface area (Å²) in [6.07, 6.45) is 0.648. The van der Waals surface area contributed by atoms with Crippen molar-refractivity contribution in [1.29, 1.82) is 0 Å². The van der Waals surface area contributed by atoms with Gasteiger partial charge in [-0.05, 0) is 38.9 Å². The third-order valence-corrected chi connectivity index (χ3v) is 5.05. The Kier molecular flexibility index (Phi) is 6.49. The van der Waals surface area contributed by atoms with Gasteiger partial charge >= 0.3 is 0 Å². The van der Waals surface area contributed by atoms with E-state index in [0.717, 1.165) is 16.9 Å². The molecule has 4 nitrogen and oxygen atoms in total. The van der Waals surface area contributed by atoms with Crippen molar-refractivity contribution in [3.05, 3.63) is 29.3 Å². The Hall–Kier alpha value is -1.07. The molecule has 0 amide bonds. The summed E-state index contributed by atoms with van der Waals surface area (Å²) in [5, 5.41) is 3.17. The van der Waals surface area contributed by atoms with Crippen LogP contribution in [0.2, 0.25) is 0 Å². The highest BCUT2D eigenvalue weighted by Crippen LogP contribution is 2.26. The Morgan fingerprint density at radius 3 is 2.60 bits per heavy atom. The quantitative estimate of drug-likeness (QED) is 0.801. The number of hydrogen-bond donors (Lipinski definition) is 1. The van der Waals surface area contributed by atoms with E-state index in [9.17, 15) is 8.42 Å². The van der Waals surface area contributed by atoms with E-state index in [1.807, 2.05) is 46.0 Å². The van der Waals surface area contributed by atoms with Gasteiger partial charge in [-0.25, -0.2) is 8.42 Å². The first-order valence-corrected chi connectivity index (χ1v) is 8.82. The highest BCUT2D eigenvalue weighted by Gasteiger charge is 2.13. The number of benzene rings is 1. The standard InChI is InChI=1S/C15H25NO3S/c1-5-9-20(17,18)10-8-19-15-11-12(2)6-7-14(15)13(3)16-4/h6-7,11,13,16H,5,8-10H2,1-4H3. The minimum atomic E-state index is -2.99. The molecule has 0 bridgehead atoms. The third-order valence-electron chi connectivity index (χ3n) is 3.24. The Bertz CT molecular complexity index is 526. The van der Waals surface area contributed by atoms with E-state index in [1.165, 1.54) is 0 Å². The molecule has 1 atom stereocenters. The minimum Gasteiger partial charge on any atom is -0.492 e. The van der Waals surface area contributed by atoms with Gasteiger partial charge in [0.25, 0.3) is 0 Å². The van der Waals surface area contributed by atoms with Crippen LogP contribution in [0.15, 0.2) is 18.2 Å². The van der Waals surface area contributed by atoms with E-state index in [1.54, 1.807) is 0 Å². The topological polar surface area (TPSA) is 55.4 Å². The van der Waals surface area contributed by atoms with Crippen LogP contribution in [0, 0.1) is 6.92 Å². The summed E-state index contributed by atoms with van der Waals surface area (Å²) in [4.78, 5) is 0. The Morgan fingerprint density at radius 1 is 1.30 bits per heavy atom. The molecule has 0 saturated carbocycles. The lowest BCUT2D eigenvalue weighted by Gasteiger charge is -2.17. The fraction of sp³-hybridized carbons (Fsp3) is 0.600. The summed E-state index contributed by atoms with van der Waals surface area (Å²) >= 11 is 0. The van der Waals surface area contributed by atoms with Gasteiger partial charge in [0, 0.05) is 11.6 Å². The van der Waals surface area contributed by atoms with Gasteiger partial charge in [0.15, 0.2) is 9.84 Å². The number of aryl methyl sites for hydroxylation is 1. The Balaban J connectivity index is 2.74. The first-order valence-electron chi connectivity index (χ1n) is 7.00. The van der Waals surface area contributed by atoms with Gasteiger partial charge in [-0.15, -0.1) is 0 Å². The average molecular weight is 299 g/mol. The van der Waals surface area contributed by atoms with Crippen molar-refractivity contribution < 1.29 is 13.2 Å². The maximum atomic E-state index is 11.7. The number of nitrogens with one attached hydrogen (secondary N) is 1. The van der Waals surface area contributed by atoms with E-state index < -0.39 is 9.84 Å². The van der Waals surface area contributed by atoms with Crippen molar-refractivity contribution in [1.82, 2.24) is 5.32 Å². The predicted molar refractivity (Wildman–Crippen MR) is 83.1 cm³/mol. The third kappa shape index (κ3) is 5.13. The van der Waals surface area contributed by atoms with Crippen molar-refractivity contribution in [3.63, 3.8) is 0 Å². The summed E-state index contributed by atoms with van der Waals surface area (Å²) in [7, 11) is -1.10. The Morgan fingerprint density at radius 2 is 2.00 bits per heavy atom. The SMILES string of the molecule is CCCS(=O)(=O)CCOc1cc(C)ccc1C(C)NC. The summed E-state index contributed by atoms with van der Waals surface area (Å²) in [6.45, 7) is 6.11. The molecule has 0 aliphatic rings. The zero-order chi connectivity index (χ0) is 15.2. The molecule has 1 aromatic carbocycles. The number of hydrogen-bond acceptors (Lipinski definition) is 4. The van der Waals surface area contributed by atoms with Crippen LogP contribution in [0.4, 0.5) is 0 Å². The molecule has 20 heavy (non-hydrogen) atoms. The van der Waals surface area contributed by atoms with E-state index in [4.69, 9.17) is 4.74 Å². The lowest BCUT2D eigenvalue weighted by molar-refractivity contribution is 0.333. The second-order valence-electron chi connectivity index (χ2n) is 5.05. The number of sulfone groups is 1. The summed E-state index contributed by atoms with van der Waals surface area (Å²) in [5.41, 5.74) is 2.15. The first kappa shape index (κ1) is 17.0. The van der Waals surface area contributed by atoms with Gasteiger partial charge in [0.2, 0.25) is 0 Å². The molecule has 0 spiro atoms. The van der Waals surface area contributed by atoms with Crippen LogP contribution < -0.4 is 10.1 Å². The van der Waals surface area contributed by atoms with Gasteiger partial charge in [-0.2, -0.15) is 0 Å². The van der Waals surface area contributed by atoms with E-state index in [0.29, 0.717) is 6.42 Å². The molecule has 0 heterocycles. The van der Waals surface area contributed by atoms with Crippen LogP contribution in [-0.4, -0.2) is 33.6 Å². The van der Waals surface area contributed by atoms with Crippen molar-refractivity contribution in [3.8, 4) is 5.75 Å². The van der Waals surface area contributed by atoms with Crippen LogP contribution in [0.1, 0.15) is 37.4 Å². The summed E-state index contributed by atoms with van der Waals surface area (Å²) < 4.78 is 29.0. The predicted octanol–water partition coefficient (Wildman–Crippen LogP) is 2.48. The van der Waals surface area contributed by atoms with Gasteiger partial charge in [-0.3, -0.25) is 0 Å². The molecule has 0 saturated heterocycles. The molecule has 0 fully saturated rings. The van der Waals surface area contributed by atoms with Crippen LogP contribution in [0.5, 0.6) is 5.75 Å². The highest BCUT2D eigenvalue weighted by molar-refractivity contribution is 7.91. The molecule has 0 aliphatic heterocycles. The summed E-state index contributed by atoms with van der Waals surface area (Å²) in [5.74, 6) is 1.06. The van der Waals surface area contributed by atoms with Gasteiger partial charge in [-0.1, -0.05) is 19.1 Å². The number of rotatable bonds is 8. The molecular weight excluding hydrogens is 274 g/mol. The fourth-order valence-corrected chi connectivity index (χ4v) is 3.13. The van der Waals surface area contributed by atoms with Crippen LogP contribution >= 0.6 is 0 Å². The lowest BCUT2D eigenvalue weighted by atomic mass is 10.1. The fourth-order valence-electron chi connectivity index (χ4n) is 1.97. The van der Waals surface area contributed by atoms with Crippen LogP contribution in [-0.2, 0) is 9.84 Å². The van der Waals surface area contributed by atoms with Crippen molar-refractivity contribution in [2.45, 2.75) is 33.2 Å². The molecule has 1 N–H and O–H groups in total. The molecule has 114 valence electrons. The highest BCUT2D eigenvalue weighted by atomic mass is 32.2. The van der Waals surface area contributed by atoms with Gasteiger partial charge in [0.05, 0.1) is 11.5 Å². The zero-order valence-electron chi connectivity index (χ0n) is 12.8. The molecule has 5 heteroatoms. The molecule has 1 rings (SSSR count). The molecule has 0 radical (unpaired) electrons. The molecule has 1 aromatic rings. The molecule has 0 aliphatic carbocycles. The maximum Gasteiger partial charge on any atom is 0.153 e. The molecule has 1 unspecified atom stereocenters. The minimum absolute atomic E-state index is 0.0716. The lowest BCUT2D eigenvalue weighted by Crippen LogP contribution is -2.18. The van der Waals surface area contributed by atoms with E-state index in [-0.39, 0.29) is 24.2 Å². The molecular formula is C15H25NO3S. The van der Waals surface area contributed by atoms with E-state index in [2.05, 4.69) is 5.32 Å². The normalized spacial score (nSPS) is 13.2. The maximum absolute atomic E-state index is 11.7. The van der Waals surface area contributed by atoms with Crippen molar-refractivity contribution in [2.24, 2.45) is 0 Å². The zero-order valence-corrected chi connectivity index (χ0v) is 13.6. The van der Waals surface area contributed by atoms with Crippen LogP contribution in [0.25, 0.3) is 0 Å².